The third kappa shape index (κ3) is 1.75. The van der Waals surface area contributed by atoms with Crippen molar-refractivity contribution in [3.8, 4) is 0 Å². The number of benzene rings is 1. The van der Waals surface area contributed by atoms with Crippen molar-refractivity contribution in [2.45, 2.75) is 26.2 Å². The Bertz CT molecular complexity index is 588. The van der Waals surface area contributed by atoms with E-state index in [1.54, 1.807) is 11.6 Å². The molecular weight excluding hydrogens is 198 g/mol. The lowest BCUT2D eigenvalue weighted by Gasteiger charge is -2.19. The Hall–Kier alpha value is -1.57. The Balaban J connectivity index is 2.75. The molecule has 2 rings (SSSR count). The Labute approximate surface area is 95.5 Å². The fourth-order valence-electron chi connectivity index (χ4n) is 1.81. The number of aryl methyl sites for hydroxylation is 1. The highest BCUT2D eigenvalue weighted by Gasteiger charge is 2.14. The molecule has 0 fully saturated rings. The highest BCUT2D eigenvalue weighted by atomic mass is 16.1. The molecule has 0 saturated carbocycles. The van der Waals surface area contributed by atoms with Gasteiger partial charge in [0.05, 0.1) is 0 Å². The average molecular weight is 215 g/mol. The first-order valence-electron chi connectivity index (χ1n) is 5.49. The number of aromatic nitrogens is 1. The standard InChI is InChI=1S/C14H17NO/c1-14(2,3)11-5-6-12-10(9-11)7-8-15(4)13(12)16/h5-9H,1-4H3. The lowest BCUT2D eigenvalue weighted by Crippen LogP contribution is -2.16. The minimum Gasteiger partial charge on any atom is -0.318 e. The molecule has 1 aromatic carbocycles. The molecule has 0 N–H and O–H groups in total. The van der Waals surface area contributed by atoms with Crippen LogP contribution in [0.3, 0.4) is 0 Å². The topological polar surface area (TPSA) is 22.0 Å². The van der Waals surface area contributed by atoms with Crippen LogP contribution in [-0.2, 0) is 12.5 Å². The van der Waals surface area contributed by atoms with E-state index < -0.39 is 0 Å². The van der Waals surface area contributed by atoms with Crippen LogP contribution in [0.2, 0.25) is 0 Å². The molecule has 0 saturated heterocycles. The molecule has 2 aromatic rings. The van der Waals surface area contributed by atoms with Gasteiger partial charge in [-0.1, -0.05) is 32.9 Å². The molecule has 1 aromatic heterocycles. The monoisotopic (exact) mass is 215 g/mol. The molecule has 0 aliphatic heterocycles. The van der Waals surface area contributed by atoms with E-state index >= 15 is 0 Å². The second-order valence-electron chi connectivity index (χ2n) is 5.28. The van der Waals surface area contributed by atoms with E-state index in [2.05, 4.69) is 26.8 Å². The molecule has 16 heavy (non-hydrogen) atoms. The van der Waals surface area contributed by atoms with Gasteiger partial charge in [-0.05, 0) is 28.5 Å². The molecule has 0 atom stereocenters. The molecule has 2 heteroatoms. The first kappa shape index (κ1) is 10.9. The van der Waals surface area contributed by atoms with Crippen molar-refractivity contribution < 1.29 is 0 Å². The zero-order chi connectivity index (χ0) is 11.9. The lowest BCUT2D eigenvalue weighted by atomic mass is 9.86. The number of nitrogens with zero attached hydrogens (tertiary/aromatic N) is 1. The van der Waals surface area contributed by atoms with Crippen molar-refractivity contribution in [1.82, 2.24) is 4.57 Å². The highest BCUT2D eigenvalue weighted by Crippen LogP contribution is 2.24. The van der Waals surface area contributed by atoms with Crippen molar-refractivity contribution >= 4 is 10.8 Å². The largest absolute Gasteiger partial charge is 0.318 e. The van der Waals surface area contributed by atoms with E-state index in [0.717, 1.165) is 10.8 Å². The predicted octanol–water partition coefficient (Wildman–Crippen LogP) is 2.84. The summed E-state index contributed by atoms with van der Waals surface area (Å²) in [4.78, 5) is 11.9. The van der Waals surface area contributed by atoms with Gasteiger partial charge in [0.1, 0.15) is 0 Å². The van der Waals surface area contributed by atoms with Gasteiger partial charge in [-0.15, -0.1) is 0 Å². The zero-order valence-electron chi connectivity index (χ0n) is 10.2. The fourth-order valence-corrected chi connectivity index (χ4v) is 1.81. The number of hydrogen-bond acceptors (Lipinski definition) is 1. The van der Waals surface area contributed by atoms with Gasteiger partial charge in [0, 0.05) is 18.6 Å². The Morgan fingerprint density at radius 2 is 1.81 bits per heavy atom. The van der Waals surface area contributed by atoms with Crippen LogP contribution in [-0.4, -0.2) is 4.57 Å². The Morgan fingerprint density at radius 1 is 1.12 bits per heavy atom. The van der Waals surface area contributed by atoms with Gasteiger partial charge in [0.25, 0.3) is 5.56 Å². The maximum atomic E-state index is 11.9. The average Bonchev–Trinajstić information content (AvgIpc) is 2.22. The van der Waals surface area contributed by atoms with E-state index in [0.29, 0.717) is 0 Å². The van der Waals surface area contributed by atoms with Gasteiger partial charge >= 0.3 is 0 Å². The first-order valence-corrected chi connectivity index (χ1v) is 5.49. The predicted molar refractivity (Wildman–Crippen MR) is 67.9 cm³/mol. The van der Waals surface area contributed by atoms with Crippen LogP contribution in [0.4, 0.5) is 0 Å². The van der Waals surface area contributed by atoms with Crippen molar-refractivity contribution in [2.75, 3.05) is 0 Å². The van der Waals surface area contributed by atoms with Crippen molar-refractivity contribution in [3.05, 3.63) is 46.4 Å². The summed E-state index contributed by atoms with van der Waals surface area (Å²) in [5, 5.41) is 1.81. The fraction of sp³-hybridized carbons (Fsp3) is 0.357. The van der Waals surface area contributed by atoms with Crippen LogP contribution in [0.15, 0.2) is 35.3 Å². The quantitative estimate of drug-likeness (QED) is 0.662. The van der Waals surface area contributed by atoms with Gasteiger partial charge in [0.2, 0.25) is 0 Å². The van der Waals surface area contributed by atoms with Crippen LogP contribution in [0.25, 0.3) is 10.8 Å². The van der Waals surface area contributed by atoms with Crippen LogP contribution >= 0.6 is 0 Å². The molecular formula is C14H17NO. The van der Waals surface area contributed by atoms with E-state index in [-0.39, 0.29) is 11.0 Å². The molecule has 0 aliphatic rings. The van der Waals surface area contributed by atoms with Gasteiger partial charge in [0.15, 0.2) is 0 Å². The third-order valence-corrected chi connectivity index (χ3v) is 2.95. The van der Waals surface area contributed by atoms with E-state index in [4.69, 9.17) is 0 Å². The second kappa shape index (κ2) is 3.48. The van der Waals surface area contributed by atoms with Crippen LogP contribution in [0.1, 0.15) is 26.3 Å². The summed E-state index contributed by atoms with van der Waals surface area (Å²) in [5.74, 6) is 0. The summed E-state index contributed by atoms with van der Waals surface area (Å²) in [6.07, 6.45) is 1.82. The minimum atomic E-state index is 0.0676. The highest BCUT2D eigenvalue weighted by molar-refractivity contribution is 5.82. The summed E-state index contributed by atoms with van der Waals surface area (Å²) in [5.41, 5.74) is 1.45. The lowest BCUT2D eigenvalue weighted by molar-refractivity contribution is 0.591. The molecule has 0 bridgehead atoms. The molecule has 0 unspecified atom stereocenters. The molecule has 0 spiro atoms. The van der Waals surface area contributed by atoms with Gasteiger partial charge < -0.3 is 4.57 Å². The second-order valence-corrected chi connectivity index (χ2v) is 5.28. The van der Waals surface area contributed by atoms with Crippen LogP contribution < -0.4 is 5.56 Å². The molecule has 1 heterocycles. The summed E-state index contributed by atoms with van der Waals surface area (Å²) < 4.78 is 1.61. The molecule has 2 nitrogen and oxygen atoms in total. The van der Waals surface area contributed by atoms with Crippen molar-refractivity contribution in [2.24, 2.45) is 7.05 Å². The Morgan fingerprint density at radius 3 is 2.44 bits per heavy atom. The molecule has 0 radical (unpaired) electrons. The SMILES string of the molecule is Cn1ccc2cc(C(C)(C)C)ccc2c1=O. The zero-order valence-corrected chi connectivity index (χ0v) is 10.2. The molecule has 0 aliphatic carbocycles. The molecule has 84 valence electrons. The first-order chi connectivity index (χ1) is 7.39. The van der Waals surface area contributed by atoms with Gasteiger partial charge in [-0.2, -0.15) is 0 Å². The molecule has 0 amide bonds. The van der Waals surface area contributed by atoms with E-state index in [1.165, 1.54) is 5.56 Å². The summed E-state index contributed by atoms with van der Waals surface area (Å²) >= 11 is 0. The summed E-state index contributed by atoms with van der Waals surface area (Å²) in [6, 6.07) is 8.07. The maximum Gasteiger partial charge on any atom is 0.258 e. The summed E-state index contributed by atoms with van der Waals surface area (Å²) in [7, 11) is 1.78. The van der Waals surface area contributed by atoms with Gasteiger partial charge in [-0.3, -0.25) is 4.79 Å². The van der Waals surface area contributed by atoms with Crippen molar-refractivity contribution in [3.63, 3.8) is 0 Å². The number of hydrogen-bond donors (Lipinski definition) is 0. The van der Waals surface area contributed by atoms with E-state index in [9.17, 15) is 4.79 Å². The third-order valence-electron chi connectivity index (χ3n) is 2.95. The number of pyridine rings is 1. The minimum absolute atomic E-state index is 0.0676. The Kier molecular flexibility index (Phi) is 2.38. The maximum absolute atomic E-state index is 11.9. The number of rotatable bonds is 0. The van der Waals surface area contributed by atoms with Gasteiger partial charge in [-0.25, -0.2) is 0 Å². The smallest absolute Gasteiger partial charge is 0.258 e. The van der Waals surface area contributed by atoms with E-state index in [1.807, 2.05) is 24.4 Å². The van der Waals surface area contributed by atoms with Crippen LogP contribution in [0, 0.1) is 0 Å². The normalized spacial score (nSPS) is 12.0. The number of fused-ring (bicyclic) bond motifs is 1. The van der Waals surface area contributed by atoms with Crippen molar-refractivity contribution in [1.29, 1.82) is 0 Å². The van der Waals surface area contributed by atoms with Crippen LogP contribution in [0.5, 0.6) is 0 Å². The summed E-state index contributed by atoms with van der Waals surface area (Å²) in [6.45, 7) is 6.53.